The number of nitrogens with zero attached hydrogens (tertiary/aromatic N) is 1. The fourth-order valence-corrected chi connectivity index (χ4v) is 3.57. The molecule has 1 aromatic heterocycles. The average molecular weight is 337 g/mol. The Morgan fingerprint density at radius 2 is 1.78 bits per heavy atom. The van der Waals surface area contributed by atoms with Crippen molar-refractivity contribution in [3.8, 4) is 10.6 Å². The molecule has 3 rings (SSSR count). The number of aryl methyl sites for hydroxylation is 1. The van der Waals surface area contributed by atoms with Gasteiger partial charge in [-0.25, -0.2) is 13.8 Å². The number of halogens is 2. The molecule has 0 spiro atoms. The molecule has 1 aliphatic carbocycles. The number of allylic oxidation sites excluding steroid dienone is 2. The molecule has 2 nitrogen and oxygen atoms in total. The van der Waals surface area contributed by atoms with Gasteiger partial charge in [-0.2, -0.15) is 0 Å². The molecule has 0 unspecified atom stereocenters. The van der Waals surface area contributed by atoms with Gasteiger partial charge in [0.15, 0.2) is 0 Å². The van der Waals surface area contributed by atoms with Crippen LogP contribution in [0.25, 0.3) is 16.1 Å². The van der Waals surface area contributed by atoms with E-state index in [0.29, 0.717) is 10.6 Å². The van der Waals surface area contributed by atoms with Crippen molar-refractivity contribution < 1.29 is 14.3 Å². The lowest BCUT2D eigenvalue weighted by molar-refractivity contribution is 0.334. The minimum atomic E-state index is -0.406. The van der Waals surface area contributed by atoms with E-state index in [4.69, 9.17) is 0 Å². The summed E-state index contributed by atoms with van der Waals surface area (Å²) in [5, 5.41) is 2.37. The highest BCUT2D eigenvalue weighted by Gasteiger charge is 2.24. The van der Waals surface area contributed by atoms with Gasteiger partial charge in [0, 0.05) is 22.2 Å². The van der Waals surface area contributed by atoms with Crippen LogP contribution in [-0.4, -0.2) is 10.5 Å². The normalized spacial score (nSPS) is 16.7. The van der Waals surface area contributed by atoms with Gasteiger partial charge in [0.1, 0.15) is 16.6 Å². The number of hydrogen-bond donors (Lipinski definition) is 0. The summed E-state index contributed by atoms with van der Waals surface area (Å²) in [6.45, 7) is 6.24. The molecule has 2 N–H and O–H groups in total. The Kier molecular flexibility index (Phi) is 5.01. The van der Waals surface area contributed by atoms with E-state index in [9.17, 15) is 8.78 Å². The lowest BCUT2D eigenvalue weighted by atomic mass is 9.77. The van der Waals surface area contributed by atoms with Crippen molar-refractivity contribution in [3.63, 3.8) is 0 Å². The molecule has 124 valence electrons. The molecular weight excluding hydrogens is 316 g/mol. The van der Waals surface area contributed by atoms with Crippen LogP contribution in [0.1, 0.15) is 44.4 Å². The quantitative estimate of drug-likeness (QED) is 0.746. The summed E-state index contributed by atoms with van der Waals surface area (Å²) < 4.78 is 28.9. The maximum absolute atomic E-state index is 14.5. The van der Waals surface area contributed by atoms with Crippen molar-refractivity contribution in [2.24, 2.45) is 5.41 Å². The van der Waals surface area contributed by atoms with Gasteiger partial charge in [0.25, 0.3) is 0 Å². The summed E-state index contributed by atoms with van der Waals surface area (Å²) in [7, 11) is 0. The second-order valence-corrected chi connectivity index (χ2v) is 7.56. The van der Waals surface area contributed by atoms with Crippen LogP contribution >= 0.6 is 11.3 Å². The van der Waals surface area contributed by atoms with Gasteiger partial charge in [-0.3, -0.25) is 0 Å². The van der Waals surface area contributed by atoms with Crippen LogP contribution in [0, 0.1) is 24.0 Å². The van der Waals surface area contributed by atoms with Crippen LogP contribution in [-0.2, 0) is 0 Å². The van der Waals surface area contributed by atoms with E-state index in [1.54, 1.807) is 0 Å². The van der Waals surface area contributed by atoms with Crippen molar-refractivity contribution in [2.75, 3.05) is 0 Å². The van der Waals surface area contributed by atoms with E-state index in [2.05, 4.69) is 24.9 Å². The Labute approximate surface area is 139 Å². The number of aromatic nitrogens is 1. The number of benzene rings is 1. The van der Waals surface area contributed by atoms with Crippen LogP contribution in [0.2, 0.25) is 0 Å². The summed E-state index contributed by atoms with van der Waals surface area (Å²) in [6.07, 6.45) is 4.73. The first-order valence-corrected chi connectivity index (χ1v) is 8.35. The number of rotatable bonds is 2. The third-order valence-electron chi connectivity index (χ3n) is 4.22. The lowest BCUT2D eigenvalue weighted by Crippen LogP contribution is -2.14. The Morgan fingerprint density at radius 3 is 2.35 bits per heavy atom. The minimum absolute atomic E-state index is 0. The Morgan fingerprint density at radius 1 is 1.13 bits per heavy atom. The average Bonchev–Trinajstić information content (AvgIpc) is 2.88. The molecule has 0 saturated carbocycles. The van der Waals surface area contributed by atoms with Crippen molar-refractivity contribution in [1.29, 1.82) is 0 Å². The van der Waals surface area contributed by atoms with Crippen LogP contribution in [0.15, 0.2) is 23.6 Å². The van der Waals surface area contributed by atoms with Crippen molar-refractivity contribution in [2.45, 2.75) is 40.0 Å². The molecule has 0 saturated heterocycles. The summed E-state index contributed by atoms with van der Waals surface area (Å²) >= 11 is 1.33. The van der Waals surface area contributed by atoms with Crippen LogP contribution in [0.3, 0.4) is 0 Å². The molecule has 2 aromatic rings. The highest BCUT2D eigenvalue weighted by atomic mass is 32.1. The smallest absolute Gasteiger partial charge is 0.134 e. The zero-order valence-electron chi connectivity index (χ0n) is 13.5. The van der Waals surface area contributed by atoms with E-state index in [1.807, 2.05) is 12.3 Å². The molecule has 0 radical (unpaired) electrons. The van der Waals surface area contributed by atoms with Gasteiger partial charge in [-0.1, -0.05) is 19.9 Å². The predicted octanol–water partition coefficient (Wildman–Crippen LogP) is 5.17. The lowest BCUT2D eigenvalue weighted by Gasteiger charge is -2.28. The van der Waals surface area contributed by atoms with Crippen molar-refractivity contribution in [3.05, 3.63) is 46.5 Å². The second kappa shape index (κ2) is 6.49. The fourth-order valence-electron chi connectivity index (χ4n) is 2.76. The zero-order valence-corrected chi connectivity index (χ0v) is 14.4. The van der Waals surface area contributed by atoms with Crippen LogP contribution in [0.4, 0.5) is 8.78 Å². The SMILES string of the molecule is Cc1csc(-c2cc(F)c(C3=CCC(C)(C)CC3)cc2F)n1.O. The van der Waals surface area contributed by atoms with E-state index in [0.717, 1.165) is 30.5 Å². The topological polar surface area (TPSA) is 44.4 Å². The standard InChI is InChI=1S/C18H19F2NS.H2O/c1-11-10-22-17(21-11)14-9-15(19)13(8-16(14)20)12-4-6-18(2,3)7-5-12;/h4,8-10H,5-7H2,1-3H3;1H2. The first kappa shape index (κ1) is 17.8. The largest absolute Gasteiger partial charge is 0.412 e. The van der Waals surface area contributed by atoms with Crippen LogP contribution in [0.5, 0.6) is 0 Å². The van der Waals surface area contributed by atoms with E-state index in [1.165, 1.54) is 23.5 Å². The van der Waals surface area contributed by atoms with Crippen molar-refractivity contribution >= 4 is 16.9 Å². The molecule has 0 atom stereocenters. The summed E-state index contributed by atoms with van der Waals surface area (Å²) in [4.78, 5) is 4.24. The highest BCUT2D eigenvalue weighted by molar-refractivity contribution is 7.13. The number of thiazole rings is 1. The molecule has 0 amide bonds. The molecule has 23 heavy (non-hydrogen) atoms. The first-order chi connectivity index (χ1) is 10.4. The molecule has 0 aliphatic heterocycles. The maximum Gasteiger partial charge on any atom is 0.134 e. The molecule has 1 heterocycles. The monoisotopic (exact) mass is 337 g/mol. The maximum atomic E-state index is 14.5. The summed E-state index contributed by atoms with van der Waals surface area (Å²) in [6, 6.07) is 2.61. The first-order valence-electron chi connectivity index (χ1n) is 7.47. The van der Waals surface area contributed by atoms with Gasteiger partial charge in [0.2, 0.25) is 0 Å². The summed E-state index contributed by atoms with van der Waals surface area (Å²) in [5.41, 5.74) is 2.62. The van der Waals surface area contributed by atoms with E-state index < -0.39 is 5.82 Å². The van der Waals surface area contributed by atoms with Gasteiger partial charge in [0.05, 0.1) is 0 Å². The molecule has 1 aromatic carbocycles. The van der Waals surface area contributed by atoms with E-state index in [-0.39, 0.29) is 22.3 Å². The zero-order chi connectivity index (χ0) is 15.9. The molecule has 5 heteroatoms. The van der Waals surface area contributed by atoms with Gasteiger partial charge in [-0.05, 0) is 49.3 Å². The Hall–Kier alpha value is -1.59. The predicted molar refractivity (Wildman–Crippen MR) is 91.4 cm³/mol. The highest BCUT2D eigenvalue weighted by Crippen LogP contribution is 2.39. The van der Waals surface area contributed by atoms with E-state index >= 15 is 0 Å². The van der Waals surface area contributed by atoms with Gasteiger partial charge in [-0.15, -0.1) is 11.3 Å². The Balaban J connectivity index is 0.00000192. The fraction of sp³-hybridized carbons (Fsp3) is 0.389. The van der Waals surface area contributed by atoms with Gasteiger partial charge < -0.3 is 5.48 Å². The minimum Gasteiger partial charge on any atom is -0.412 e. The number of hydrogen-bond acceptors (Lipinski definition) is 2. The van der Waals surface area contributed by atoms with Crippen LogP contribution < -0.4 is 0 Å². The molecular formula is C18H21F2NOS. The third kappa shape index (κ3) is 3.67. The molecule has 1 aliphatic rings. The van der Waals surface area contributed by atoms with Crippen molar-refractivity contribution in [1.82, 2.24) is 4.98 Å². The van der Waals surface area contributed by atoms with Gasteiger partial charge >= 0.3 is 0 Å². The molecule has 0 bridgehead atoms. The third-order valence-corrected chi connectivity index (χ3v) is 5.22. The summed E-state index contributed by atoms with van der Waals surface area (Å²) in [5.74, 6) is -0.772. The Bertz CT molecular complexity index is 749. The molecule has 0 fully saturated rings. The second-order valence-electron chi connectivity index (χ2n) is 6.70.